The standard InChI is InChI=1S/C26H28O7/c1-4-24(27)31-17-9-7-6-8-16-30-21-12-10-20(11-13-21)26(29)32-22-14-15-23(19(3)18-22)33-25(28)5-2/h4-5,10-15,18H,1-2,6-9,16-17H2,3H3. The maximum absolute atomic E-state index is 12.4. The van der Waals surface area contributed by atoms with Crippen LogP contribution < -0.4 is 14.2 Å². The van der Waals surface area contributed by atoms with Crippen LogP contribution in [0.3, 0.4) is 0 Å². The highest BCUT2D eigenvalue weighted by Crippen LogP contribution is 2.24. The lowest BCUT2D eigenvalue weighted by atomic mass is 10.2. The third-order valence-corrected chi connectivity index (χ3v) is 4.54. The lowest BCUT2D eigenvalue weighted by Crippen LogP contribution is -2.09. The normalized spacial score (nSPS) is 10.1. The van der Waals surface area contributed by atoms with E-state index >= 15 is 0 Å². The lowest BCUT2D eigenvalue weighted by molar-refractivity contribution is -0.137. The summed E-state index contributed by atoms with van der Waals surface area (Å²) in [4.78, 5) is 34.6. The fourth-order valence-electron chi connectivity index (χ4n) is 2.78. The summed E-state index contributed by atoms with van der Waals surface area (Å²) < 4.78 is 21.1. The molecule has 0 bridgehead atoms. The summed E-state index contributed by atoms with van der Waals surface area (Å²) in [5, 5.41) is 0. The van der Waals surface area contributed by atoms with Gasteiger partial charge in [0, 0.05) is 12.2 Å². The number of rotatable bonds is 13. The van der Waals surface area contributed by atoms with Crippen LogP contribution in [0.2, 0.25) is 0 Å². The minimum Gasteiger partial charge on any atom is -0.494 e. The number of carbonyl (C=O) groups is 3. The molecule has 0 heterocycles. The van der Waals surface area contributed by atoms with Gasteiger partial charge >= 0.3 is 17.9 Å². The van der Waals surface area contributed by atoms with Crippen LogP contribution in [0.4, 0.5) is 0 Å². The number of hydrogen-bond acceptors (Lipinski definition) is 7. The van der Waals surface area contributed by atoms with Crippen molar-refractivity contribution in [2.75, 3.05) is 13.2 Å². The molecule has 0 saturated heterocycles. The average molecular weight is 453 g/mol. The second-order valence-electron chi connectivity index (χ2n) is 7.10. The van der Waals surface area contributed by atoms with Gasteiger partial charge in [0.25, 0.3) is 0 Å². The summed E-state index contributed by atoms with van der Waals surface area (Å²) in [6, 6.07) is 11.4. The van der Waals surface area contributed by atoms with Crippen LogP contribution in [-0.4, -0.2) is 31.1 Å². The Hall–Kier alpha value is -3.87. The van der Waals surface area contributed by atoms with Crippen LogP contribution >= 0.6 is 0 Å². The van der Waals surface area contributed by atoms with Gasteiger partial charge in [0.2, 0.25) is 0 Å². The molecule has 0 unspecified atom stereocenters. The molecule has 0 radical (unpaired) electrons. The smallest absolute Gasteiger partial charge is 0.343 e. The summed E-state index contributed by atoms with van der Waals surface area (Å²) >= 11 is 0. The van der Waals surface area contributed by atoms with E-state index < -0.39 is 17.9 Å². The first-order valence-corrected chi connectivity index (χ1v) is 10.6. The summed E-state index contributed by atoms with van der Waals surface area (Å²) in [5.74, 6) is -0.0839. The highest BCUT2D eigenvalue weighted by atomic mass is 16.5. The van der Waals surface area contributed by atoms with Crippen LogP contribution in [0, 0.1) is 6.92 Å². The number of benzene rings is 2. The molecular weight excluding hydrogens is 424 g/mol. The summed E-state index contributed by atoms with van der Waals surface area (Å²) in [5.41, 5.74) is 1.04. The van der Waals surface area contributed by atoms with Gasteiger partial charge in [0.05, 0.1) is 18.8 Å². The topological polar surface area (TPSA) is 88.1 Å². The largest absolute Gasteiger partial charge is 0.494 e. The van der Waals surface area contributed by atoms with Gasteiger partial charge in [0.1, 0.15) is 17.2 Å². The van der Waals surface area contributed by atoms with E-state index in [4.69, 9.17) is 18.9 Å². The Bertz CT molecular complexity index is 977. The Balaban J connectivity index is 1.73. The number of aryl methyl sites for hydroxylation is 1. The Morgan fingerprint density at radius 3 is 2.06 bits per heavy atom. The Morgan fingerprint density at radius 2 is 1.42 bits per heavy atom. The van der Waals surface area contributed by atoms with E-state index in [1.165, 1.54) is 0 Å². The van der Waals surface area contributed by atoms with E-state index in [1.807, 2.05) is 0 Å². The zero-order chi connectivity index (χ0) is 24.1. The molecule has 0 saturated carbocycles. The Kier molecular flexibility index (Phi) is 10.4. The van der Waals surface area contributed by atoms with E-state index in [0.717, 1.165) is 37.8 Å². The molecule has 33 heavy (non-hydrogen) atoms. The van der Waals surface area contributed by atoms with E-state index in [0.29, 0.717) is 41.6 Å². The van der Waals surface area contributed by atoms with Crippen molar-refractivity contribution in [1.82, 2.24) is 0 Å². The average Bonchev–Trinajstić information content (AvgIpc) is 2.82. The van der Waals surface area contributed by atoms with Crippen LogP contribution in [0.5, 0.6) is 17.2 Å². The second-order valence-corrected chi connectivity index (χ2v) is 7.10. The lowest BCUT2D eigenvalue weighted by Gasteiger charge is -2.10. The molecule has 0 aliphatic carbocycles. The van der Waals surface area contributed by atoms with Crippen LogP contribution in [-0.2, 0) is 14.3 Å². The van der Waals surface area contributed by atoms with Crippen LogP contribution in [0.1, 0.15) is 41.6 Å². The van der Waals surface area contributed by atoms with Crippen molar-refractivity contribution in [1.29, 1.82) is 0 Å². The van der Waals surface area contributed by atoms with Gasteiger partial charge in [-0.3, -0.25) is 0 Å². The maximum atomic E-state index is 12.4. The minimum atomic E-state index is -0.559. The van der Waals surface area contributed by atoms with Crippen molar-refractivity contribution in [2.45, 2.75) is 32.6 Å². The van der Waals surface area contributed by atoms with Crippen molar-refractivity contribution in [2.24, 2.45) is 0 Å². The zero-order valence-corrected chi connectivity index (χ0v) is 18.7. The van der Waals surface area contributed by atoms with Gasteiger partial charge in [-0.05, 0) is 80.6 Å². The fraction of sp³-hybridized carbons (Fsp3) is 0.269. The van der Waals surface area contributed by atoms with E-state index in [2.05, 4.69) is 13.2 Å². The van der Waals surface area contributed by atoms with Gasteiger partial charge in [-0.15, -0.1) is 0 Å². The summed E-state index contributed by atoms with van der Waals surface area (Å²) in [7, 11) is 0. The van der Waals surface area contributed by atoms with Crippen molar-refractivity contribution in [3.8, 4) is 17.2 Å². The first-order valence-electron chi connectivity index (χ1n) is 10.6. The molecule has 0 spiro atoms. The molecule has 0 atom stereocenters. The molecule has 2 rings (SSSR count). The third kappa shape index (κ3) is 9.03. The molecule has 7 nitrogen and oxygen atoms in total. The molecule has 7 heteroatoms. The molecule has 0 N–H and O–H groups in total. The van der Waals surface area contributed by atoms with Crippen LogP contribution in [0.25, 0.3) is 0 Å². The SMILES string of the molecule is C=CC(=O)OCCCCCCOc1ccc(C(=O)Oc2ccc(OC(=O)C=C)c(C)c2)cc1. The quantitative estimate of drug-likeness (QED) is 0.183. The predicted molar refractivity (Wildman–Crippen MR) is 124 cm³/mol. The number of carbonyl (C=O) groups excluding carboxylic acids is 3. The third-order valence-electron chi connectivity index (χ3n) is 4.54. The van der Waals surface area contributed by atoms with Gasteiger partial charge in [-0.2, -0.15) is 0 Å². The fourth-order valence-corrected chi connectivity index (χ4v) is 2.78. The summed E-state index contributed by atoms with van der Waals surface area (Å²) in [6.07, 6.45) is 5.81. The van der Waals surface area contributed by atoms with Gasteiger partial charge in [-0.25, -0.2) is 14.4 Å². The first kappa shape index (κ1) is 25.4. The number of ether oxygens (including phenoxy) is 4. The monoisotopic (exact) mass is 452 g/mol. The highest BCUT2D eigenvalue weighted by Gasteiger charge is 2.11. The molecule has 0 amide bonds. The van der Waals surface area contributed by atoms with Gasteiger partial charge < -0.3 is 18.9 Å². The molecular formula is C26H28O7. The van der Waals surface area contributed by atoms with Crippen molar-refractivity contribution in [3.63, 3.8) is 0 Å². The molecule has 174 valence electrons. The first-order chi connectivity index (χ1) is 15.9. The van der Waals surface area contributed by atoms with E-state index in [1.54, 1.807) is 49.4 Å². The molecule has 2 aromatic carbocycles. The zero-order valence-electron chi connectivity index (χ0n) is 18.7. The number of unbranched alkanes of at least 4 members (excludes halogenated alkanes) is 3. The molecule has 0 aromatic heterocycles. The predicted octanol–water partition coefficient (Wildman–Crippen LogP) is 4.97. The minimum absolute atomic E-state index is 0.343. The second kappa shape index (κ2) is 13.5. The van der Waals surface area contributed by atoms with Gasteiger partial charge in [0.15, 0.2) is 0 Å². The Labute approximate surface area is 193 Å². The van der Waals surface area contributed by atoms with E-state index in [-0.39, 0.29) is 0 Å². The maximum Gasteiger partial charge on any atom is 0.343 e. The summed E-state index contributed by atoms with van der Waals surface area (Å²) in [6.45, 7) is 9.40. The number of esters is 3. The van der Waals surface area contributed by atoms with Crippen molar-refractivity contribution >= 4 is 17.9 Å². The van der Waals surface area contributed by atoms with Crippen molar-refractivity contribution in [3.05, 3.63) is 78.9 Å². The Morgan fingerprint density at radius 1 is 0.788 bits per heavy atom. The van der Waals surface area contributed by atoms with Crippen molar-refractivity contribution < 1.29 is 33.3 Å². The van der Waals surface area contributed by atoms with Gasteiger partial charge in [-0.1, -0.05) is 13.2 Å². The number of hydrogen-bond donors (Lipinski definition) is 0. The van der Waals surface area contributed by atoms with Crippen LogP contribution in [0.15, 0.2) is 67.8 Å². The molecule has 0 aliphatic heterocycles. The highest BCUT2D eigenvalue weighted by molar-refractivity contribution is 5.91. The molecule has 0 fully saturated rings. The molecule has 0 aliphatic rings. The molecule has 2 aromatic rings. The van der Waals surface area contributed by atoms with E-state index in [9.17, 15) is 14.4 Å².